The van der Waals surface area contributed by atoms with Gasteiger partial charge < -0.3 is 39.0 Å². The second kappa shape index (κ2) is 52.2. The van der Waals surface area contributed by atoms with Gasteiger partial charge in [0, 0.05) is 19.3 Å². The lowest BCUT2D eigenvalue weighted by Crippen LogP contribution is -2.61. The molecule has 75 heavy (non-hydrogen) atoms. The van der Waals surface area contributed by atoms with Gasteiger partial charge in [-0.1, -0.05) is 270 Å². The lowest BCUT2D eigenvalue weighted by molar-refractivity contribution is -0.301. The van der Waals surface area contributed by atoms with Crippen LogP contribution >= 0.6 is 0 Å². The minimum atomic E-state index is -1.90. The molecule has 3 N–H and O–H groups in total. The highest BCUT2D eigenvalue weighted by Crippen LogP contribution is 2.27. The summed E-state index contributed by atoms with van der Waals surface area (Å²) in [4.78, 5) is 51.1. The van der Waals surface area contributed by atoms with Gasteiger partial charge in [-0.15, -0.1) is 0 Å². The summed E-state index contributed by atoms with van der Waals surface area (Å²) >= 11 is 0. The molecule has 0 radical (unpaired) electrons. The molecule has 1 rings (SSSR count). The first-order chi connectivity index (χ1) is 36.6. The summed E-state index contributed by atoms with van der Waals surface area (Å²) in [6.07, 6.45) is 46.1. The fraction of sp³-hybridized carbons (Fsp3) is 0.905. The molecule has 0 bridgehead atoms. The Morgan fingerprint density at radius 3 is 1.17 bits per heavy atom. The summed E-state index contributed by atoms with van der Waals surface area (Å²) < 4.78 is 28.5. The number of unbranched alkanes of at least 4 members (excludes halogenated alkanes) is 39. The number of carboxylic acids is 1. The molecule has 1 saturated heterocycles. The molecular weight excluding hydrogens is 949 g/mol. The summed E-state index contributed by atoms with van der Waals surface area (Å²) in [5, 5.41) is 31.5. The molecule has 440 valence electrons. The molecule has 1 fully saturated rings. The average Bonchev–Trinajstić information content (AvgIpc) is 3.39. The van der Waals surface area contributed by atoms with Crippen LogP contribution in [0, 0.1) is 0 Å². The van der Waals surface area contributed by atoms with Crippen molar-refractivity contribution in [1.82, 2.24) is 0 Å². The number of carbonyl (C=O) groups is 4. The number of rotatable bonds is 55. The van der Waals surface area contributed by atoms with Crippen molar-refractivity contribution in [3.05, 3.63) is 12.2 Å². The number of allylic oxidation sites excluding steroid dienone is 2. The molecule has 0 saturated carbocycles. The van der Waals surface area contributed by atoms with Crippen LogP contribution < -0.4 is 0 Å². The summed E-state index contributed by atoms with van der Waals surface area (Å²) in [7, 11) is 0. The Labute approximate surface area is 458 Å². The Morgan fingerprint density at radius 2 is 0.773 bits per heavy atom. The molecule has 12 nitrogen and oxygen atoms in total. The molecule has 1 aliphatic rings. The van der Waals surface area contributed by atoms with Gasteiger partial charge in [0.05, 0.1) is 6.61 Å². The predicted octanol–water partition coefficient (Wildman–Crippen LogP) is 16.5. The average molecular weight is 1070 g/mol. The van der Waals surface area contributed by atoms with Gasteiger partial charge in [0.1, 0.15) is 18.8 Å². The Hall–Kier alpha value is -2.54. The highest BCUT2D eigenvalue weighted by Gasteiger charge is 2.50. The second-order valence-corrected chi connectivity index (χ2v) is 22.1. The van der Waals surface area contributed by atoms with Gasteiger partial charge in [-0.05, 0) is 38.5 Å². The van der Waals surface area contributed by atoms with E-state index >= 15 is 0 Å². The Balaban J connectivity index is 2.61. The highest BCUT2D eigenvalue weighted by molar-refractivity contribution is 5.74. The largest absolute Gasteiger partial charge is 0.479 e. The number of ether oxygens (including phenoxy) is 5. The topological polar surface area (TPSA) is 175 Å². The maximum atomic E-state index is 13.1. The number of carboxylic acid groups (broad SMARTS) is 1. The Morgan fingerprint density at radius 1 is 0.427 bits per heavy atom. The lowest BCUT2D eigenvalue weighted by Gasteiger charge is -2.40. The number of aliphatic hydroxyl groups excluding tert-OH is 2. The quantitative estimate of drug-likeness (QED) is 0.0228. The first kappa shape index (κ1) is 70.5. The van der Waals surface area contributed by atoms with Crippen LogP contribution in [0.5, 0.6) is 0 Å². The third-order valence-electron chi connectivity index (χ3n) is 14.8. The van der Waals surface area contributed by atoms with Crippen molar-refractivity contribution >= 4 is 23.9 Å². The molecule has 1 heterocycles. The van der Waals surface area contributed by atoms with Crippen molar-refractivity contribution < 1.29 is 58.2 Å². The van der Waals surface area contributed by atoms with Crippen molar-refractivity contribution in [3.8, 4) is 0 Å². The van der Waals surface area contributed by atoms with Crippen molar-refractivity contribution in [2.24, 2.45) is 0 Å². The van der Waals surface area contributed by atoms with Crippen LogP contribution in [-0.2, 0) is 42.9 Å². The third-order valence-corrected chi connectivity index (χ3v) is 14.8. The number of hydrogen-bond acceptors (Lipinski definition) is 11. The zero-order valence-electron chi connectivity index (χ0n) is 48.6. The molecule has 12 heteroatoms. The zero-order valence-corrected chi connectivity index (χ0v) is 48.6. The number of aliphatic carboxylic acids is 1. The summed E-state index contributed by atoms with van der Waals surface area (Å²) in [5.74, 6) is -3.09. The maximum absolute atomic E-state index is 13.1. The van der Waals surface area contributed by atoms with E-state index in [0.29, 0.717) is 19.3 Å². The summed E-state index contributed by atoms with van der Waals surface area (Å²) in [6, 6.07) is 0. The number of carbonyl (C=O) groups excluding carboxylic acids is 3. The van der Waals surface area contributed by atoms with Crippen LogP contribution in [0.4, 0.5) is 0 Å². The molecular formula is C63H116O12. The fourth-order valence-corrected chi connectivity index (χ4v) is 9.94. The SMILES string of the molecule is CCCC/C=C\CCCCCCCC(=O)OC(COC(=O)CCCCCCCCCCCCCCCCCCCCC)COC1OC(C(=O)O)C(O)C(O)C1OC(=O)CCCCCCCCCCCCCCCCC. The van der Waals surface area contributed by atoms with Crippen LogP contribution in [-0.4, -0.2) is 89.2 Å². The van der Waals surface area contributed by atoms with Gasteiger partial charge in [0.15, 0.2) is 24.6 Å². The first-order valence-electron chi connectivity index (χ1n) is 31.7. The van der Waals surface area contributed by atoms with Crippen molar-refractivity contribution in [2.75, 3.05) is 13.2 Å². The van der Waals surface area contributed by atoms with E-state index in [-0.39, 0.29) is 25.9 Å². The Bertz CT molecular complexity index is 1360. The monoisotopic (exact) mass is 1060 g/mol. The van der Waals surface area contributed by atoms with E-state index in [0.717, 1.165) is 77.0 Å². The molecule has 0 aliphatic carbocycles. The normalized spacial score (nSPS) is 18.1. The van der Waals surface area contributed by atoms with Gasteiger partial charge in [0.25, 0.3) is 0 Å². The molecule has 0 amide bonds. The molecule has 6 unspecified atom stereocenters. The minimum Gasteiger partial charge on any atom is -0.479 e. The molecule has 0 aromatic carbocycles. The number of hydrogen-bond donors (Lipinski definition) is 3. The second-order valence-electron chi connectivity index (χ2n) is 22.1. The van der Waals surface area contributed by atoms with E-state index in [1.54, 1.807) is 0 Å². The lowest BCUT2D eigenvalue weighted by atomic mass is 9.98. The smallest absolute Gasteiger partial charge is 0.335 e. The van der Waals surface area contributed by atoms with E-state index in [4.69, 9.17) is 23.7 Å². The van der Waals surface area contributed by atoms with Gasteiger partial charge in [0.2, 0.25) is 0 Å². The van der Waals surface area contributed by atoms with E-state index in [1.165, 1.54) is 180 Å². The van der Waals surface area contributed by atoms with Gasteiger partial charge in [-0.25, -0.2) is 4.79 Å². The zero-order chi connectivity index (χ0) is 54.7. The predicted molar refractivity (Wildman–Crippen MR) is 304 cm³/mol. The minimum absolute atomic E-state index is 0.0679. The van der Waals surface area contributed by atoms with E-state index in [2.05, 4.69) is 32.9 Å². The summed E-state index contributed by atoms with van der Waals surface area (Å²) in [5.41, 5.74) is 0. The molecule has 1 aliphatic heterocycles. The van der Waals surface area contributed by atoms with Gasteiger partial charge >= 0.3 is 23.9 Å². The maximum Gasteiger partial charge on any atom is 0.335 e. The fourth-order valence-electron chi connectivity index (χ4n) is 9.94. The van der Waals surface area contributed by atoms with Gasteiger partial charge in [-0.2, -0.15) is 0 Å². The van der Waals surface area contributed by atoms with E-state index in [1.807, 2.05) is 0 Å². The van der Waals surface area contributed by atoms with Crippen molar-refractivity contribution in [2.45, 2.75) is 353 Å². The third kappa shape index (κ3) is 42.1. The molecule has 0 spiro atoms. The van der Waals surface area contributed by atoms with Crippen LogP contribution in [0.25, 0.3) is 0 Å². The molecule has 0 aromatic heterocycles. The molecule has 6 atom stereocenters. The van der Waals surface area contributed by atoms with Crippen molar-refractivity contribution in [1.29, 1.82) is 0 Å². The number of esters is 3. The van der Waals surface area contributed by atoms with E-state index in [9.17, 15) is 34.5 Å². The van der Waals surface area contributed by atoms with Gasteiger partial charge in [-0.3, -0.25) is 14.4 Å². The van der Waals surface area contributed by atoms with Crippen LogP contribution in [0.15, 0.2) is 12.2 Å². The standard InChI is InChI=1S/C63H116O12/c1-4-7-10-13-16-19-22-24-26-27-28-29-31-32-35-37-40-43-46-49-55(64)71-52-54(73-56(65)50-47-44-41-38-34-21-18-15-12-9-6-3)53-72-63-61(59(68)58(67)60(75-63)62(69)70)74-57(66)51-48-45-42-39-36-33-30-25-23-20-17-14-11-8-5-2/h15,18,54,58-61,63,67-68H,4-14,16-17,19-53H2,1-3H3,(H,69,70)/b18-15-. The number of aliphatic hydroxyl groups is 2. The van der Waals surface area contributed by atoms with Crippen molar-refractivity contribution in [3.63, 3.8) is 0 Å². The molecule has 0 aromatic rings. The Kier molecular flexibility index (Phi) is 49.0. The van der Waals surface area contributed by atoms with Crippen LogP contribution in [0.3, 0.4) is 0 Å². The first-order valence-corrected chi connectivity index (χ1v) is 31.7. The van der Waals surface area contributed by atoms with Crippen LogP contribution in [0.1, 0.15) is 316 Å². The van der Waals surface area contributed by atoms with E-state index < -0.39 is 67.3 Å². The van der Waals surface area contributed by atoms with Crippen LogP contribution in [0.2, 0.25) is 0 Å². The summed E-state index contributed by atoms with van der Waals surface area (Å²) in [6.45, 7) is 6.00. The highest BCUT2D eigenvalue weighted by atomic mass is 16.7.